The Morgan fingerprint density at radius 2 is 2.14 bits per heavy atom. The summed E-state index contributed by atoms with van der Waals surface area (Å²) in [7, 11) is 0. The van der Waals surface area contributed by atoms with Crippen molar-refractivity contribution in [2.24, 2.45) is 0 Å². The molecule has 29 heavy (non-hydrogen) atoms. The van der Waals surface area contributed by atoms with Crippen molar-refractivity contribution in [3.8, 4) is 0 Å². The van der Waals surface area contributed by atoms with Gasteiger partial charge in [0.1, 0.15) is 17.9 Å². The fourth-order valence-corrected chi connectivity index (χ4v) is 3.82. The molecule has 2 amide bonds. The van der Waals surface area contributed by atoms with Gasteiger partial charge >= 0.3 is 5.97 Å². The summed E-state index contributed by atoms with van der Waals surface area (Å²) in [6, 6.07) is 2.62. The lowest BCUT2D eigenvalue weighted by Crippen LogP contribution is -2.60. The monoisotopic (exact) mass is 419 g/mol. The molecule has 2 fully saturated rings. The quantitative estimate of drug-likeness (QED) is 0.426. The average molecular weight is 420 g/mol. The minimum Gasteiger partial charge on any atom is -0.465 e. The van der Waals surface area contributed by atoms with Crippen LogP contribution in [0.3, 0.4) is 0 Å². The highest BCUT2D eigenvalue weighted by Crippen LogP contribution is 2.21. The van der Waals surface area contributed by atoms with Gasteiger partial charge in [-0.15, -0.1) is 0 Å². The number of hydrogen-bond donors (Lipinski definition) is 2. The molecule has 156 valence electrons. The third-order valence-corrected chi connectivity index (χ3v) is 5.31. The third kappa shape index (κ3) is 6.15. The van der Waals surface area contributed by atoms with Gasteiger partial charge in [0.05, 0.1) is 12.7 Å². The summed E-state index contributed by atoms with van der Waals surface area (Å²) in [4.78, 5) is 38.4. The van der Waals surface area contributed by atoms with E-state index in [2.05, 4.69) is 10.6 Å². The fraction of sp³-hybridized carbons (Fsp3) is 0.500. The van der Waals surface area contributed by atoms with E-state index in [9.17, 15) is 14.4 Å². The second-order valence-corrected chi connectivity index (χ2v) is 7.48. The van der Waals surface area contributed by atoms with Crippen molar-refractivity contribution in [2.45, 2.75) is 50.7 Å². The number of amides is 2. The smallest absolute Gasteiger partial charge is 0.308 e. The zero-order chi connectivity index (χ0) is 20.6. The molecule has 1 atom stereocenters. The number of hydrogen-bond acceptors (Lipinski definition) is 6. The molecular weight excluding hydrogens is 394 g/mol. The van der Waals surface area contributed by atoms with Crippen LogP contribution in [0.15, 0.2) is 28.9 Å². The molecule has 1 saturated heterocycles. The number of rotatable bonds is 5. The van der Waals surface area contributed by atoms with E-state index in [-0.39, 0.29) is 23.5 Å². The van der Waals surface area contributed by atoms with Crippen LogP contribution in [0, 0.1) is 0 Å². The minimum absolute atomic E-state index is 0.0743. The van der Waals surface area contributed by atoms with Crippen LogP contribution < -0.4 is 10.6 Å². The third-order valence-electron chi connectivity index (χ3n) is 4.97. The molecule has 3 rings (SSSR count). The van der Waals surface area contributed by atoms with E-state index in [0.717, 1.165) is 32.1 Å². The molecule has 1 unspecified atom stereocenters. The topological polar surface area (TPSA) is 101 Å². The van der Waals surface area contributed by atoms with Gasteiger partial charge in [0.25, 0.3) is 0 Å². The molecule has 0 radical (unpaired) electrons. The normalized spacial score (nSPS) is 20.3. The Balaban J connectivity index is 1.56. The van der Waals surface area contributed by atoms with Crippen molar-refractivity contribution in [3.05, 3.63) is 30.2 Å². The number of nitrogens with one attached hydrogen (secondary N) is 2. The van der Waals surface area contributed by atoms with Gasteiger partial charge in [0.2, 0.25) is 11.8 Å². The number of thiocarbonyl (C=S) groups is 1. The lowest BCUT2D eigenvalue weighted by molar-refractivity contribution is -0.153. The fourth-order valence-electron chi connectivity index (χ4n) is 3.50. The van der Waals surface area contributed by atoms with Gasteiger partial charge in [-0.3, -0.25) is 19.7 Å². The van der Waals surface area contributed by atoms with E-state index in [4.69, 9.17) is 21.4 Å². The predicted octanol–water partition coefficient (Wildman–Crippen LogP) is 1.76. The lowest BCUT2D eigenvalue weighted by Gasteiger charge is -2.36. The maximum Gasteiger partial charge on any atom is 0.308 e. The van der Waals surface area contributed by atoms with E-state index in [1.807, 2.05) is 0 Å². The molecule has 1 aliphatic heterocycles. The molecule has 1 aliphatic carbocycles. The number of esters is 1. The molecule has 1 aromatic rings. The predicted molar refractivity (Wildman–Crippen MR) is 110 cm³/mol. The average Bonchev–Trinajstić information content (AvgIpc) is 3.22. The van der Waals surface area contributed by atoms with Gasteiger partial charge in [-0.2, -0.15) is 0 Å². The van der Waals surface area contributed by atoms with Gasteiger partial charge in [0, 0.05) is 19.2 Å². The van der Waals surface area contributed by atoms with Crippen molar-refractivity contribution in [1.82, 2.24) is 15.5 Å². The Labute approximate surface area is 174 Å². The van der Waals surface area contributed by atoms with Crippen LogP contribution in [0.5, 0.6) is 0 Å². The Hall–Kier alpha value is -2.68. The molecular formula is C20H25N3O5S. The first kappa shape index (κ1) is 21.0. The van der Waals surface area contributed by atoms with Crippen LogP contribution in [0.4, 0.5) is 0 Å². The van der Waals surface area contributed by atoms with Crippen LogP contribution in [0.1, 0.15) is 44.3 Å². The lowest BCUT2D eigenvalue weighted by atomic mass is 9.98. The summed E-state index contributed by atoms with van der Waals surface area (Å²) in [6.45, 7) is 0.777. The van der Waals surface area contributed by atoms with Crippen molar-refractivity contribution in [2.75, 3.05) is 13.1 Å². The van der Waals surface area contributed by atoms with Crippen LogP contribution in [-0.4, -0.2) is 53.0 Å². The van der Waals surface area contributed by atoms with Gasteiger partial charge in [0.15, 0.2) is 5.11 Å². The summed E-state index contributed by atoms with van der Waals surface area (Å²) >= 11 is 5.31. The number of nitrogens with zero attached hydrogens (tertiary/aromatic N) is 1. The van der Waals surface area contributed by atoms with E-state index in [0.29, 0.717) is 18.8 Å². The van der Waals surface area contributed by atoms with E-state index < -0.39 is 17.9 Å². The summed E-state index contributed by atoms with van der Waals surface area (Å²) in [5.41, 5.74) is 0. The Bertz CT molecular complexity index is 771. The molecule has 2 N–H and O–H groups in total. The summed E-state index contributed by atoms with van der Waals surface area (Å²) in [6.07, 6.45) is 9.12. The summed E-state index contributed by atoms with van der Waals surface area (Å²) in [5, 5.41) is 5.41. The first-order chi connectivity index (χ1) is 14.0. The SMILES string of the molecule is O=C(/C=C/c1ccco1)NC(=S)N1CCNC(=O)C1CC(=O)OC1CCCCC1. The zero-order valence-corrected chi connectivity index (χ0v) is 16.9. The number of carbonyl (C=O) groups is 3. The zero-order valence-electron chi connectivity index (χ0n) is 16.1. The number of piperazine rings is 1. The molecule has 8 nitrogen and oxygen atoms in total. The summed E-state index contributed by atoms with van der Waals surface area (Å²) in [5.74, 6) is -0.636. The number of carbonyl (C=O) groups excluding carboxylic acids is 3. The standard InChI is InChI=1S/C20H25N3O5S/c24-17(9-8-14-7-4-12-27-14)22-20(29)23-11-10-21-19(26)16(23)13-18(25)28-15-5-2-1-3-6-15/h4,7-9,12,15-16H,1-3,5-6,10-11,13H2,(H,21,26)(H,22,24,29)/b9-8+. The molecule has 2 aliphatic rings. The van der Waals surface area contributed by atoms with Gasteiger partial charge in [-0.05, 0) is 56.1 Å². The largest absolute Gasteiger partial charge is 0.465 e. The maximum atomic E-state index is 12.4. The Morgan fingerprint density at radius 1 is 1.34 bits per heavy atom. The van der Waals surface area contributed by atoms with E-state index in [1.165, 1.54) is 18.4 Å². The van der Waals surface area contributed by atoms with Crippen molar-refractivity contribution in [3.63, 3.8) is 0 Å². The first-order valence-corrected chi connectivity index (χ1v) is 10.2. The van der Waals surface area contributed by atoms with Crippen LogP contribution in [0.2, 0.25) is 0 Å². The Morgan fingerprint density at radius 3 is 2.86 bits per heavy atom. The molecule has 0 bridgehead atoms. The molecule has 0 aromatic carbocycles. The molecule has 1 saturated carbocycles. The number of furan rings is 1. The van der Waals surface area contributed by atoms with Crippen LogP contribution in [-0.2, 0) is 19.1 Å². The van der Waals surface area contributed by atoms with Crippen molar-refractivity contribution < 1.29 is 23.5 Å². The highest BCUT2D eigenvalue weighted by molar-refractivity contribution is 7.80. The maximum absolute atomic E-state index is 12.4. The molecule has 1 aromatic heterocycles. The van der Waals surface area contributed by atoms with Gasteiger partial charge < -0.3 is 19.4 Å². The van der Waals surface area contributed by atoms with Gasteiger partial charge in [-0.1, -0.05) is 6.42 Å². The molecule has 0 spiro atoms. The second-order valence-electron chi connectivity index (χ2n) is 7.10. The van der Waals surface area contributed by atoms with Crippen LogP contribution >= 0.6 is 12.2 Å². The van der Waals surface area contributed by atoms with Crippen molar-refractivity contribution in [1.29, 1.82) is 0 Å². The Kier molecular flexibility index (Phi) is 7.40. The first-order valence-electron chi connectivity index (χ1n) is 9.83. The molecule has 2 heterocycles. The van der Waals surface area contributed by atoms with Crippen LogP contribution in [0.25, 0.3) is 6.08 Å². The highest BCUT2D eigenvalue weighted by Gasteiger charge is 2.34. The highest BCUT2D eigenvalue weighted by atomic mass is 32.1. The van der Waals surface area contributed by atoms with E-state index >= 15 is 0 Å². The van der Waals surface area contributed by atoms with Crippen molar-refractivity contribution >= 4 is 41.2 Å². The second kappa shape index (κ2) is 10.2. The van der Waals surface area contributed by atoms with E-state index in [1.54, 1.807) is 17.0 Å². The minimum atomic E-state index is -0.804. The van der Waals surface area contributed by atoms with Gasteiger partial charge in [-0.25, -0.2) is 0 Å². The number of ether oxygens (including phenoxy) is 1. The molecule has 9 heteroatoms. The summed E-state index contributed by atoms with van der Waals surface area (Å²) < 4.78 is 10.7.